The predicted molar refractivity (Wildman–Crippen MR) is 98.9 cm³/mol. The summed E-state index contributed by atoms with van der Waals surface area (Å²) in [5, 5.41) is 12.9. The Bertz CT molecular complexity index is 1040. The molecule has 0 aromatic heterocycles. The Labute approximate surface area is 173 Å². The number of ether oxygens (including phenoxy) is 1. The smallest absolute Gasteiger partial charge is 0.435 e. The van der Waals surface area contributed by atoms with Crippen LogP contribution >= 0.6 is 23.2 Å². The van der Waals surface area contributed by atoms with Crippen LogP contribution in [0.4, 0.5) is 13.2 Å². The molecule has 1 aliphatic rings. The minimum Gasteiger partial charge on any atom is -0.465 e. The molecule has 1 heterocycles. The van der Waals surface area contributed by atoms with Gasteiger partial charge in [0.25, 0.3) is 5.60 Å². The van der Waals surface area contributed by atoms with E-state index in [1.54, 1.807) is 0 Å². The fourth-order valence-electron chi connectivity index (χ4n) is 2.95. The Kier molecular flexibility index (Phi) is 5.48. The second kappa shape index (κ2) is 7.58. The first kappa shape index (κ1) is 21.0. The van der Waals surface area contributed by atoms with Crippen LogP contribution < -0.4 is 0 Å². The largest absolute Gasteiger partial charge is 0.465 e. The van der Waals surface area contributed by atoms with Crippen molar-refractivity contribution in [3.8, 4) is 6.07 Å². The lowest BCUT2D eigenvalue weighted by Crippen LogP contribution is -2.42. The summed E-state index contributed by atoms with van der Waals surface area (Å²) in [6.07, 6.45) is -5.51. The van der Waals surface area contributed by atoms with Crippen molar-refractivity contribution >= 4 is 34.9 Å². The molecule has 0 saturated heterocycles. The summed E-state index contributed by atoms with van der Waals surface area (Å²) in [7, 11) is 1.15. The van der Waals surface area contributed by atoms with Crippen LogP contribution in [0, 0.1) is 11.3 Å². The summed E-state index contributed by atoms with van der Waals surface area (Å²) >= 11 is 11.7. The van der Waals surface area contributed by atoms with Crippen molar-refractivity contribution in [3.05, 3.63) is 68.7 Å². The lowest BCUT2D eigenvalue weighted by molar-refractivity contribution is -0.275. The Morgan fingerprint density at radius 1 is 1.24 bits per heavy atom. The van der Waals surface area contributed by atoms with Gasteiger partial charge in [-0.05, 0) is 30.3 Å². The Balaban J connectivity index is 2.03. The maximum absolute atomic E-state index is 14.0. The monoisotopic (exact) mass is 442 g/mol. The molecular weight excluding hydrogens is 432 g/mol. The minimum atomic E-state index is -4.84. The van der Waals surface area contributed by atoms with E-state index in [-0.39, 0.29) is 38.0 Å². The molecule has 0 radical (unpaired) electrons. The molecule has 0 spiro atoms. The molecule has 1 unspecified atom stereocenters. The van der Waals surface area contributed by atoms with Gasteiger partial charge in [-0.25, -0.2) is 4.79 Å². The van der Waals surface area contributed by atoms with Crippen molar-refractivity contribution in [2.75, 3.05) is 7.11 Å². The van der Waals surface area contributed by atoms with Crippen LogP contribution in [-0.2, 0) is 15.2 Å². The second-order valence-electron chi connectivity index (χ2n) is 6.15. The highest BCUT2D eigenvalue weighted by Gasteiger charge is 2.62. The molecule has 0 aliphatic carbocycles. The third-order valence-electron chi connectivity index (χ3n) is 4.39. The van der Waals surface area contributed by atoms with Gasteiger partial charge in [-0.1, -0.05) is 34.4 Å². The zero-order valence-corrected chi connectivity index (χ0v) is 16.2. The van der Waals surface area contributed by atoms with Gasteiger partial charge in [0.1, 0.15) is 6.07 Å². The molecule has 0 fully saturated rings. The van der Waals surface area contributed by atoms with Crippen molar-refractivity contribution < 1.29 is 27.5 Å². The van der Waals surface area contributed by atoms with E-state index >= 15 is 0 Å². The van der Waals surface area contributed by atoms with Crippen molar-refractivity contribution in [1.29, 1.82) is 5.26 Å². The number of oxime groups is 1. The van der Waals surface area contributed by atoms with Gasteiger partial charge in [-0.2, -0.15) is 18.4 Å². The Hall–Kier alpha value is -2.76. The van der Waals surface area contributed by atoms with Crippen molar-refractivity contribution in [2.24, 2.45) is 5.16 Å². The number of hydrogen-bond acceptors (Lipinski definition) is 5. The van der Waals surface area contributed by atoms with Crippen LogP contribution in [0.3, 0.4) is 0 Å². The fraction of sp³-hybridized carbons (Fsp3) is 0.211. The number of methoxy groups -OCH3 is 1. The number of alkyl halides is 3. The molecule has 1 atom stereocenters. The number of rotatable bonds is 3. The van der Waals surface area contributed by atoms with Gasteiger partial charge in [0.2, 0.25) is 0 Å². The van der Waals surface area contributed by atoms with Gasteiger partial charge in [0.15, 0.2) is 0 Å². The summed E-state index contributed by atoms with van der Waals surface area (Å²) < 4.78 is 46.6. The number of carbonyl (C=O) groups is 1. The van der Waals surface area contributed by atoms with Gasteiger partial charge < -0.3 is 9.57 Å². The quantitative estimate of drug-likeness (QED) is 0.609. The predicted octanol–water partition coefficient (Wildman–Crippen LogP) is 5.23. The fourth-order valence-corrected chi connectivity index (χ4v) is 3.48. The summed E-state index contributed by atoms with van der Waals surface area (Å²) in [6, 6.07) is 9.25. The normalized spacial score (nSPS) is 18.6. The molecule has 2 aromatic carbocycles. The third kappa shape index (κ3) is 3.76. The molecule has 5 nitrogen and oxygen atoms in total. The number of carbonyl (C=O) groups excluding carboxylic acids is 1. The van der Waals surface area contributed by atoms with E-state index in [4.69, 9.17) is 28.0 Å². The van der Waals surface area contributed by atoms with E-state index in [1.165, 1.54) is 24.3 Å². The second-order valence-corrected chi connectivity index (χ2v) is 7.03. The topological polar surface area (TPSA) is 71.7 Å². The molecule has 0 saturated carbocycles. The number of nitriles is 1. The van der Waals surface area contributed by atoms with Crippen molar-refractivity contribution in [3.63, 3.8) is 0 Å². The maximum Gasteiger partial charge on any atom is 0.435 e. The van der Waals surface area contributed by atoms with E-state index in [2.05, 4.69) is 9.89 Å². The summed E-state index contributed by atoms with van der Waals surface area (Å²) in [6.45, 7) is 0. The van der Waals surface area contributed by atoms with E-state index in [1.807, 2.05) is 6.07 Å². The van der Waals surface area contributed by atoms with Crippen LogP contribution in [0.2, 0.25) is 10.0 Å². The van der Waals surface area contributed by atoms with Crippen molar-refractivity contribution in [1.82, 2.24) is 0 Å². The first-order chi connectivity index (χ1) is 13.6. The van der Waals surface area contributed by atoms with Crippen molar-refractivity contribution in [2.45, 2.75) is 18.2 Å². The van der Waals surface area contributed by atoms with E-state index in [0.29, 0.717) is 0 Å². The van der Waals surface area contributed by atoms with Crippen LogP contribution in [0.25, 0.3) is 0 Å². The van der Waals surface area contributed by atoms with Gasteiger partial charge in [-0.3, -0.25) is 0 Å². The summed E-state index contributed by atoms with van der Waals surface area (Å²) in [5.41, 5.74) is -3.01. The average Bonchev–Trinajstić information content (AvgIpc) is 3.13. The molecule has 0 amide bonds. The molecule has 150 valence electrons. The molecule has 1 aliphatic heterocycles. The summed E-state index contributed by atoms with van der Waals surface area (Å²) in [4.78, 5) is 16.6. The zero-order valence-electron chi connectivity index (χ0n) is 14.7. The minimum absolute atomic E-state index is 0.0121. The maximum atomic E-state index is 14.0. The van der Waals surface area contributed by atoms with Crippen LogP contribution in [0.15, 0.2) is 41.6 Å². The van der Waals surface area contributed by atoms with E-state index < -0.39 is 24.2 Å². The average molecular weight is 443 g/mol. The highest BCUT2D eigenvalue weighted by molar-refractivity contribution is 6.34. The molecule has 0 N–H and O–H groups in total. The van der Waals surface area contributed by atoms with Crippen LogP contribution in [0.5, 0.6) is 0 Å². The molecule has 29 heavy (non-hydrogen) atoms. The van der Waals surface area contributed by atoms with E-state index in [9.17, 15) is 23.2 Å². The van der Waals surface area contributed by atoms with E-state index in [0.717, 1.165) is 19.2 Å². The Morgan fingerprint density at radius 3 is 2.45 bits per heavy atom. The lowest BCUT2D eigenvalue weighted by atomic mass is 9.86. The number of nitrogens with zero attached hydrogens (tertiary/aromatic N) is 2. The van der Waals surface area contributed by atoms with Crippen LogP contribution in [-0.4, -0.2) is 25.0 Å². The molecule has 10 heteroatoms. The van der Waals surface area contributed by atoms with Gasteiger partial charge in [0, 0.05) is 27.6 Å². The number of esters is 1. The SMILES string of the molecule is COC(=O)c1ccc(C2=NOC(c3cc(Cl)cc(Cl)c3)(C(F)(F)F)C2)cc1C#N. The number of benzene rings is 2. The van der Waals surface area contributed by atoms with Gasteiger partial charge in [-0.15, -0.1) is 0 Å². The zero-order chi connectivity index (χ0) is 21.4. The Morgan fingerprint density at radius 2 is 1.90 bits per heavy atom. The summed E-state index contributed by atoms with van der Waals surface area (Å²) in [5.74, 6) is -0.740. The van der Waals surface area contributed by atoms with Gasteiger partial charge >= 0.3 is 12.1 Å². The highest BCUT2D eigenvalue weighted by Crippen LogP contribution is 2.49. The number of hydrogen-bond donors (Lipinski definition) is 0. The first-order valence-electron chi connectivity index (χ1n) is 8.02. The molecular formula is C19H11Cl2F3N2O3. The lowest BCUT2D eigenvalue weighted by Gasteiger charge is -2.29. The first-order valence-corrected chi connectivity index (χ1v) is 8.78. The standard InChI is InChI=1S/C19H11Cl2F3N2O3/c1-28-17(27)15-3-2-10(4-11(15)9-25)16-8-18(29-26-16,19(22,23)24)12-5-13(20)7-14(21)6-12/h2-7H,8H2,1H3. The molecule has 0 bridgehead atoms. The highest BCUT2D eigenvalue weighted by atomic mass is 35.5. The molecule has 3 rings (SSSR count). The van der Waals surface area contributed by atoms with Crippen LogP contribution in [0.1, 0.15) is 33.5 Å². The third-order valence-corrected chi connectivity index (χ3v) is 4.83. The molecule has 2 aromatic rings. The number of halogens is 5. The van der Waals surface area contributed by atoms with Gasteiger partial charge in [0.05, 0.1) is 23.9 Å².